The third-order valence-electron chi connectivity index (χ3n) is 2.55. The largest absolute Gasteiger partial charge is 0.489 e. The Morgan fingerprint density at radius 1 is 1.18 bits per heavy atom. The maximum absolute atomic E-state index is 5.87. The number of nitrogens with two attached hydrogens (primary N) is 1. The molecule has 2 nitrogen and oxygen atoms in total. The molecule has 17 heavy (non-hydrogen) atoms. The molecular formula is C14H14ClNO. The van der Waals surface area contributed by atoms with Gasteiger partial charge in [0.25, 0.3) is 0 Å². The molecule has 0 heterocycles. The molecule has 0 amide bonds. The molecule has 0 aliphatic carbocycles. The van der Waals surface area contributed by atoms with Gasteiger partial charge in [0, 0.05) is 10.7 Å². The first-order valence-electron chi connectivity index (χ1n) is 5.38. The predicted molar refractivity (Wildman–Crippen MR) is 71.4 cm³/mol. The maximum atomic E-state index is 5.87. The van der Waals surface area contributed by atoms with Gasteiger partial charge in [-0.15, -0.1) is 0 Å². The minimum Gasteiger partial charge on any atom is -0.489 e. The number of hydrogen-bond donors (Lipinski definition) is 1. The van der Waals surface area contributed by atoms with Crippen LogP contribution in [0.25, 0.3) is 0 Å². The highest BCUT2D eigenvalue weighted by Crippen LogP contribution is 2.19. The topological polar surface area (TPSA) is 35.2 Å². The van der Waals surface area contributed by atoms with E-state index in [1.54, 1.807) is 6.07 Å². The van der Waals surface area contributed by atoms with Gasteiger partial charge < -0.3 is 10.5 Å². The summed E-state index contributed by atoms with van der Waals surface area (Å²) in [7, 11) is 0. The molecule has 0 fully saturated rings. The summed E-state index contributed by atoms with van der Waals surface area (Å²) in [6.45, 7) is 2.47. The first-order valence-corrected chi connectivity index (χ1v) is 5.76. The summed E-state index contributed by atoms with van der Waals surface area (Å²) in [5.74, 6) is 0.761. The molecule has 2 N–H and O–H groups in total. The molecule has 2 aromatic rings. The molecule has 3 heteroatoms. The van der Waals surface area contributed by atoms with Crippen molar-refractivity contribution in [1.82, 2.24) is 0 Å². The quantitative estimate of drug-likeness (QED) is 0.837. The van der Waals surface area contributed by atoms with E-state index < -0.39 is 0 Å². The summed E-state index contributed by atoms with van der Waals surface area (Å²) in [6.07, 6.45) is 0. The van der Waals surface area contributed by atoms with Crippen molar-refractivity contribution in [3.63, 3.8) is 0 Å². The number of benzene rings is 2. The highest BCUT2D eigenvalue weighted by Gasteiger charge is 1.99. The van der Waals surface area contributed by atoms with Crippen LogP contribution in [0.15, 0.2) is 42.5 Å². The maximum Gasteiger partial charge on any atom is 0.121 e. The highest BCUT2D eigenvalue weighted by molar-refractivity contribution is 6.30. The summed E-state index contributed by atoms with van der Waals surface area (Å²) in [6, 6.07) is 13.3. The van der Waals surface area contributed by atoms with E-state index in [1.807, 2.05) is 43.3 Å². The lowest BCUT2D eigenvalue weighted by molar-refractivity contribution is 0.306. The Hall–Kier alpha value is -1.67. The van der Waals surface area contributed by atoms with E-state index in [0.717, 1.165) is 22.6 Å². The van der Waals surface area contributed by atoms with Crippen LogP contribution in [0.4, 0.5) is 5.69 Å². The third-order valence-corrected chi connectivity index (χ3v) is 2.78. The highest BCUT2D eigenvalue weighted by atomic mass is 35.5. The molecule has 0 aromatic heterocycles. The second kappa shape index (κ2) is 5.11. The molecule has 0 saturated heterocycles. The predicted octanol–water partition coefficient (Wildman–Crippen LogP) is 3.81. The van der Waals surface area contributed by atoms with Crippen molar-refractivity contribution in [2.24, 2.45) is 0 Å². The fourth-order valence-electron chi connectivity index (χ4n) is 1.50. The van der Waals surface area contributed by atoms with Crippen molar-refractivity contribution in [1.29, 1.82) is 0 Å². The number of halogens is 1. The Balaban J connectivity index is 2.05. The Labute approximate surface area is 106 Å². The van der Waals surface area contributed by atoms with Gasteiger partial charge >= 0.3 is 0 Å². The number of ether oxygens (including phenoxy) is 1. The van der Waals surface area contributed by atoms with Gasteiger partial charge in [-0.05, 0) is 42.3 Å². The SMILES string of the molecule is Cc1ccc(COc2cccc(Cl)c2)cc1N. The lowest BCUT2D eigenvalue weighted by atomic mass is 10.1. The molecule has 0 saturated carbocycles. The molecule has 0 unspecified atom stereocenters. The molecule has 2 aromatic carbocycles. The third kappa shape index (κ3) is 3.14. The number of anilines is 1. The zero-order valence-electron chi connectivity index (χ0n) is 9.61. The normalized spacial score (nSPS) is 10.2. The van der Waals surface area contributed by atoms with E-state index in [9.17, 15) is 0 Å². The van der Waals surface area contributed by atoms with Gasteiger partial charge in [0.15, 0.2) is 0 Å². The molecular weight excluding hydrogens is 234 g/mol. The van der Waals surface area contributed by atoms with Crippen molar-refractivity contribution in [3.05, 3.63) is 58.6 Å². The Kier molecular flexibility index (Phi) is 3.55. The zero-order valence-corrected chi connectivity index (χ0v) is 10.4. The second-order valence-electron chi connectivity index (χ2n) is 3.94. The van der Waals surface area contributed by atoms with E-state index in [1.165, 1.54) is 0 Å². The van der Waals surface area contributed by atoms with Crippen LogP contribution in [0.5, 0.6) is 5.75 Å². The van der Waals surface area contributed by atoms with Crippen LogP contribution in [0.2, 0.25) is 5.02 Å². The fraction of sp³-hybridized carbons (Fsp3) is 0.143. The Bertz CT molecular complexity index is 525. The van der Waals surface area contributed by atoms with E-state index >= 15 is 0 Å². The van der Waals surface area contributed by atoms with Gasteiger partial charge in [0.1, 0.15) is 12.4 Å². The van der Waals surface area contributed by atoms with E-state index in [2.05, 4.69) is 0 Å². The molecule has 0 atom stereocenters. The molecule has 2 rings (SSSR count). The molecule has 0 aliphatic rings. The smallest absolute Gasteiger partial charge is 0.121 e. The van der Waals surface area contributed by atoms with Gasteiger partial charge in [0.05, 0.1) is 0 Å². The van der Waals surface area contributed by atoms with Crippen LogP contribution >= 0.6 is 11.6 Å². The van der Waals surface area contributed by atoms with Crippen LogP contribution < -0.4 is 10.5 Å². The van der Waals surface area contributed by atoms with Crippen molar-refractivity contribution in [3.8, 4) is 5.75 Å². The first kappa shape index (κ1) is 11.8. The monoisotopic (exact) mass is 247 g/mol. The zero-order chi connectivity index (χ0) is 12.3. The summed E-state index contributed by atoms with van der Waals surface area (Å²) in [5.41, 5.74) is 8.76. The number of aryl methyl sites for hydroxylation is 1. The molecule has 88 valence electrons. The average Bonchev–Trinajstić information content (AvgIpc) is 2.31. The minimum absolute atomic E-state index is 0.491. The van der Waals surface area contributed by atoms with Gasteiger partial charge in [-0.25, -0.2) is 0 Å². The average molecular weight is 248 g/mol. The van der Waals surface area contributed by atoms with Gasteiger partial charge in [0.2, 0.25) is 0 Å². The minimum atomic E-state index is 0.491. The number of hydrogen-bond acceptors (Lipinski definition) is 2. The molecule has 0 spiro atoms. The van der Waals surface area contributed by atoms with Crippen LogP contribution in [0, 0.1) is 6.92 Å². The standard InChI is InChI=1S/C14H14ClNO/c1-10-5-6-11(7-14(10)16)9-17-13-4-2-3-12(15)8-13/h2-8H,9,16H2,1H3. The summed E-state index contributed by atoms with van der Waals surface area (Å²) < 4.78 is 5.63. The first-order chi connectivity index (χ1) is 8.15. The fourth-order valence-corrected chi connectivity index (χ4v) is 1.68. The Morgan fingerprint density at radius 2 is 2.00 bits per heavy atom. The van der Waals surface area contributed by atoms with Gasteiger partial charge in [-0.3, -0.25) is 0 Å². The van der Waals surface area contributed by atoms with Gasteiger partial charge in [-0.1, -0.05) is 29.8 Å². The van der Waals surface area contributed by atoms with E-state index in [-0.39, 0.29) is 0 Å². The molecule has 0 aliphatic heterocycles. The lowest BCUT2D eigenvalue weighted by Crippen LogP contribution is -1.97. The molecule has 0 radical (unpaired) electrons. The van der Waals surface area contributed by atoms with E-state index in [0.29, 0.717) is 11.6 Å². The summed E-state index contributed by atoms with van der Waals surface area (Å²) in [5, 5.41) is 0.672. The molecule has 0 bridgehead atoms. The number of rotatable bonds is 3. The van der Waals surface area contributed by atoms with Crippen LogP contribution in [-0.2, 0) is 6.61 Å². The van der Waals surface area contributed by atoms with Crippen molar-refractivity contribution >= 4 is 17.3 Å². The van der Waals surface area contributed by atoms with Crippen LogP contribution in [0.3, 0.4) is 0 Å². The van der Waals surface area contributed by atoms with Gasteiger partial charge in [-0.2, -0.15) is 0 Å². The van der Waals surface area contributed by atoms with Crippen LogP contribution in [-0.4, -0.2) is 0 Å². The van der Waals surface area contributed by atoms with Crippen molar-refractivity contribution in [2.75, 3.05) is 5.73 Å². The van der Waals surface area contributed by atoms with Crippen LogP contribution in [0.1, 0.15) is 11.1 Å². The second-order valence-corrected chi connectivity index (χ2v) is 4.37. The van der Waals surface area contributed by atoms with Crippen molar-refractivity contribution < 1.29 is 4.74 Å². The Morgan fingerprint density at radius 3 is 2.71 bits per heavy atom. The van der Waals surface area contributed by atoms with Crippen molar-refractivity contribution in [2.45, 2.75) is 13.5 Å². The van der Waals surface area contributed by atoms with E-state index in [4.69, 9.17) is 22.1 Å². The number of nitrogen functional groups attached to an aromatic ring is 1. The summed E-state index contributed by atoms with van der Waals surface area (Å²) in [4.78, 5) is 0. The summed E-state index contributed by atoms with van der Waals surface area (Å²) >= 11 is 5.87. The lowest BCUT2D eigenvalue weighted by Gasteiger charge is -2.08.